The molecule has 2 N–H and O–H groups in total. The number of hydrogen-bond donors (Lipinski definition) is 2. The fourth-order valence-electron chi connectivity index (χ4n) is 1.30. The standard InChI is InChI=1S/C12H25NO2/c1-9(2)7-6-8-10(3)13-11(14)12(4,5)15/h9-10,15H,6-8H2,1-5H3,(H,13,14). The zero-order valence-corrected chi connectivity index (χ0v) is 10.6. The van der Waals surface area contributed by atoms with Crippen LogP contribution in [0.2, 0.25) is 0 Å². The maximum atomic E-state index is 11.4. The molecule has 0 spiro atoms. The summed E-state index contributed by atoms with van der Waals surface area (Å²) in [6, 6.07) is 0.141. The number of nitrogens with one attached hydrogen (secondary N) is 1. The third-order valence-corrected chi connectivity index (χ3v) is 2.35. The molecule has 0 aromatic heterocycles. The number of carbonyl (C=O) groups excluding carboxylic acids is 1. The van der Waals surface area contributed by atoms with Crippen molar-refractivity contribution in [2.24, 2.45) is 5.92 Å². The molecule has 1 unspecified atom stereocenters. The Bertz CT molecular complexity index is 194. The van der Waals surface area contributed by atoms with Crippen molar-refractivity contribution >= 4 is 5.91 Å². The summed E-state index contributed by atoms with van der Waals surface area (Å²) in [6.45, 7) is 9.37. The Morgan fingerprint density at radius 1 is 1.27 bits per heavy atom. The highest BCUT2D eigenvalue weighted by Crippen LogP contribution is 2.09. The maximum Gasteiger partial charge on any atom is 0.251 e. The quantitative estimate of drug-likeness (QED) is 0.712. The normalized spacial score (nSPS) is 14.1. The summed E-state index contributed by atoms with van der Waals surface area (Å²) in [5.41, 5.74) is -1.27. The van der Waals surface area contributed by atoms with Crippen LogP contribution < -0.4 is 5.32 Å². The van der Waals surface area contributed by atoms with Gasteiger partial charge in [0.15, 0.2) is 0 Å². The van der Waals surface area contributed by atoms with Crippen LogP contribution in [0.4, 0.5) is 0 Å². The van der Waals surface area contributed by atoms with E-state index in [1.54, 1.807) is 0 Å². The Hall–Kier alpha value is -0.570. The highest BCUT2D eigenvalue weighted by Gasteiger charge is 2.24. The molecular weight excluding hydrogens is 190 g/mol. The van der Waals surface area contributed by atoms with Crippen LogP contribution in [-0.4, -0.2) is 22.7 Å². The van der Waals surface area contributed by atoms with Crippen molar-refractivity contribution in [3.63, 3.8) is 0 Å². The lowest BCUT2D eigenvalue weighted by Crippen LogP contribution is -2.45. The maximum absolute atomic E-state index is 11.4. The number of amides is 1. The van der Waals surface area contributed by atoms with Gasteiger partial charge in [0.25, 0.3) is 5.91 Å². The van der Waals surface area contributed by atoms with Gasteiger partial charge >= 0.3 is 0 Å². The van der Waals surface area contributed by atoms with Crippen LogP contribution in [0.25, 0.3) is 0 Å². The number of carbonyl (C=O) groups is 1. The van der Waals surface area contributed by atoms with Gasteiger partial charge in [-0.1, -0.05) is 26.7 Å². The molecule has 0 saturated heterocycles. The molecule has 0 aromatic carbocycles. The van der Waals surface area contributed by atoms with Crippen LogP contribution in [0.15, 0.2) is 0 Å². The topological polar surface area (TPSA) is 49.3 Å². The second-order valence-electron chi connectivity index (χ2n) is 5.26. The van der Waals surface area contributed by atoms with Crippen molar-refractivity contribution in [1.82, 2.24) is 5.32 Å². The first-order chi connectivity index (χ1) is 6.73. The molecule has 3 nitrogen and oxygen atoms in total. The summed E-state index contributed by atoms with van der Waals surface area (Å²) >= 11 is 0. The summed E-state index contributed by atoms with van der Waals surface area (Å²) in [7, 11) is 0. The van der Waals surface area contributed by atoms with E-state index >= 15 is 0 Å². The SMILES string of the molecule is CC(C)CCCC(C)NC(=O)C(C)(C)O. The minimum absolute atomic E-state index is 0.141. The summed E-state index contributed by atoms with van der Waals surface area (Å²) in [4.78, 5) is 11.4. The lowest BCUT2D eigenvalue weighted by molar-refractivity contribution is -0.137. The Morgan fingerprint density at radius 3 is 2.20 bits per heavy atom. The molecule has 0 rings (SSSR count). The summed E-state index contributed by atoms with van der Waals surface area (Å²) in [5.74, 6) is 0.418. The Morgan fingerprint density at radius 2 is 1.80 bits per heavy atom. The Labute approximate surface area is 93.3 Å². The lowest BCUT2D eigenvalue weighted by Gasteiger charge is -2.21. The van der Waals surface area contributed by atoms with E-state index in [1.165, 1.54) is 20.3 Å². The van der Waals surface area contributed by atoms with Crippen LogP contribution in [0.5, 0.6) is 0 Å². The van der Waals surface area contributed by atoms with E-state index in [1.807, 2.05) is 6.92 Å². The van der Waals surface area contributed by atoms with E-state index in [9.17, 15) is 9.90 Å². The van der Waals surface area contributed by atoms with Crippen molar-refractivity contribution in [3.05, 3.63) is 0 Å². The van der Waals surface area contributed by atoms with Crippen molar-refractivity contribution in [2.75, 3.05) is 0 Å². The van der Waals surface area contributed by atoms with E-state index in [0.717, 1.165) is 12.8 Å². The van der Waals surface area contributed by atoms with E-state index in [4.69, 9.17) is 0 Å². The monoisotopic (exact) mass is 215 g/mol. The molecular formula is C12H25NO2. The van der Waals surface area contributed by atoms with Gasteiger partial charge in [-0.05, 0) is 33.1 Å². The summed E-state index contributed by atoms with van der Waals surface area (Å²) in [6.07, 6.45) is 3.27. The highest BCUT2D eigenvalue weighted by atomic mass is 16.3. The summed E-state index contributed by atoms with van der Waals surface area (Å²) in [5, 5.41) is 12.2. The second-order valence-corrected chi connectivity index (χ2v) is 5.26. The van der Waals surface area contributed by atoms with Gasteiger partial charge in [-0.3, -0.25) is 4.79 Å². The number of hydrogen-bond acceptors (Lipinski definition) is 2. The molecule has 15 heavy (non-hydrogen) atoms. The van der Waals surface area contributed by atoms with E-state index in [2.05, 4.69) is 19.2 Å². The van der Waals surface area contributed by atoms with Gasteiger partial charge in [-0.2, -0.15) is 0 Å². The van der Waals surface area contributed by atoms with Gasteiger partial charge in [-0.25, -0.2) is 0 Å². The Balaban J connectivity index is 3.75. The first-order valence-electron chi connectivity index (χ1n) is 5.76. The molecule has 0 radical (unpaired) electrons. The van der Waals surface area contributed by atoms with Crippen LogP contribution in [-0.2, 0) is 4.79 Å². The van der Waals surface area contributed by atoms with E-state index in [-0.39, 0.29) is 11.9 Å². The molecule has 0 heterocycles. The minimum Gasteiger partial charge on any atom is -0.381 e. The summed E-state index contributed by atoms with van der Waals surface area (Å²) < 4.78 is 0. The van der Waals surface area contributed by atoms with Gasteiger partial charge in [0.1, 0.15) is 5.60 Å². The number of aliphatic hydroxyl groups is 1. The van der Waals surface area contributed by atoms with Crippen molar-refractivity contribution < 1.29 is 9.90 Å². The predicted octanol–water partition coefficient (Wildman–Crippen LogP) is 2.09. The average molecular weight is 215 g/mol. The second kappa shape index (κ2) is 6.11. The fourth-order valence-corrected chi connectivity index (χ4v) is 1.30. The molecule has 0 fully saturated rings. The zero-order chi connectivity index (χ0) is 12.1. The smallest absolute Gasteiger partial charge is 0.251 e. The molecule has 90 valence electrons. The predicted molar refractivity (Wildman–Crippen MR) is 62.6 cm³/mol. The molecule has 0 aliphatic carbocycles. The minimum atomic E-state index is -1.27. The molecule has 1 amide bonds. The van der Waals surface area contributed by atoms with Crippen molar-refractivity contribution in [3.8, 4) is 0 Å². The fraction of sp³-hybridized carbons (Fsp3) is 0.917. The van der Waals surface area contributed by atoms with E-state index in [0.29, 0.717) is 5.92 Å². The third kappa shape index (κ3) is 7.37. The molecule has 1 atom stereocenters. The zero-order valence-electron chi connectivity index (χ0n) is 10.6. The van der Waals surface area contributed by atoms with Gasteiger partial charge in [-0.15, -0.1) is 0 Å². The van der Waals surface area contributed by atoms with Crippen molar-refractivity contribution in [1.29, 1.82) is 0 Å². The van der Waals surface area contributed by atoms with Gasteiger partial charge in [0.05, 0.1) is 0 Å². The Kier molecular flexibility index (Phi) is 5.88. The number of rotatable bonds is 6. The van der Waals surface area contributed by atoms with Crippen molar-refractivity contribution in [2.45, 2.75) is 65.5 Å². The van der Waals surface area contributed by atoms with Gasteiger partial charge < -0.3 is 10.4 Å². The van der Waals surface area contributed by atoms with E-state index < -0.39 is 5.60 Å². The molecule has 0 aliphatic rings. The van der Waals surface area contributed by atoms with Gasteiger partial charge in [0.2, 0.25) is 0 Å². The third-order valence-electron chi connectivity index (χ3n) is 2.35. The largest absolute Gasteiger partial charge is 0.381 e. The highest BCUT2D eigenvalue weighted by molar-refractivity contribution is 5.84. The molecule has 0 aromatic rings. The molecule has 3 heteroatoms. The molecule has 0 aliphatic heterocycles. The molecule has 0 bridgehead atoms. The van der Waals surface area contributed by atoms with Crippen LogP contribution >= 0.6 is 0 Å². The van der Waals surface area contributed by atoms with Crippen LogP contribution in [0.3, 0.4) is 0 Å². The lowest BCUT2D eigenvalue weighted by atomic mass is 10.0. The first kappa shape index (κ1) is 14.4. The first-order valence-corrected chi connectivity index (χ1v) is 5.76. The van der Waals surface area contributed by atoms with Crippen LogP contribution in [0.1, 0.15) is 53.9 Å². The van der Waals surface area contributed by atoms with Crippen LogP contribution in [0, 0.1) is 5.92 Å². The molecule has 0 saturated carbocycles. The van der Waals surface area contributed by atoms with Gasteiger partial charge in [0, 0.05) is 6.04 Å². The average Bonchev–Trinajstić information content (AvgIpc) is 2.01.